The number of amides is 4. The average molecular weight is 500 g/mol. The Hall–Kier alpha value is -4.12. The Kier molecular flexibility index (Phi) is 10.7. The number of nitrogens with one attached hydrogen (secondary N) is 4. The molecule has 0 aliphatic heterocycles. The van der Waals surface area contributed by atoms with Crippen LogP contribution in [0.5, 0.6) is 11.5 Å². The van der Waals surface area contributed by atoms with E-state index in [1.54, 1.807) is 50.4 Å². The summed E-state index contributed by atoms with van der Waals surface area (Å²) in [6.07, 6.45) is 0.139. The molecule has 0 saturated heterocycles. The van der Waals surface area contributed by atoms with Crippen molar-refractivity contribution in [1.29, 1.82) is 0 Å². The van der Waals surface area contributed by atoms with E-state index in [2.05, 4.69) is 21.3 Å². The van der Waals surface area contributed by atoms with E-state index in [1.165, 1.54) is 12.1 Å². The molecule has 0 heterocycles. The van der Waals surface area contributed by atoms with E-state index in [0.29, 0.717) is 12.0 Å². The second-order valence-corrected chi connectivity index (χ2v) is 8.53. The molecule has 0 aliphatic rings. The largest absolute Gasteiger partial charge is 0.508 e. The van der Waals surface area contributed by atoms with Gasteiger partial charge in [-0.25, -0.2) is 0 Å². The third-order valence-corrected chi connectivity index (χ3v) is 5.27. The Balaban J connectivity index is 2.17. The highest BCUT2D eigenvalue weighted by molar-refractivity contribution is 5.95. The minimum atomic E-state index is -1.26. The van der Waals surface area contributed by atoms with Crippen molar-refractivity contribution in [3.05, 3.63) is 59.7 Å². The number of hydrogen-bond donors (Lipinski definition) is 7. The van der Waals surface area contributed by atoms with E-state index in [4.69, 9.17) is 5.73 Å². The van der Waals surface area contributed by atoms with E-state index in [0.717, 1.165) is 5.56 Å². The second-order valence-electron chi connectivity index (χ2n) is 8.53. The van der Waals surface area contributed by atoms with Gasteiger partial charge in [0, 0.05) is 12.5 Å². The van der Waals surface area contributed by atoms with Crippen molar-refractivity contribution in [2.45, 2.75) is 44.3 Å². The zero-order chi connectivity index (χ0) is 26.7. The Morgan fingerprint density at radius 1 is 0.778 bits per heavy atom. The minimum Gasteiger partial charge on any atom is -0.508 e. The molecule has 0 radical (unpaired) electrons. The molecule has 3 atom stereocenters. The molecular weight excluding hydrogens is 466 g/mol. The molecule has 4 amide bonds. The average Bonchev–Trinajstić information content (AvgIpc) is 2.80. The summed E-state index contributed by atoms with van der Waals surface area (Å²) in [5.41, 5.74) is 6.82. The van der Waals surface area contributed by atoms with Gasteiger partial charge in [0.05, 0.1) is 13.0 Å². The van der Waals surface area contributed by atoms with Crippen LogP contribution in [0.1, 0.15) is 24.5 Å². The number of phenols is 2. The quantitative estimate of drug-likeness (QED) is 0.193. The predicted molar refractivity (Wildman–Crippen MR) is 133 cm³/mol. The fourth-order valence-electron chi connectivity index (χ4n) is 3.55. The summed E-state index contributed by atoms with van der Waals surface area (Å²) in [4.78, 5) is 49.6. The smallest absolute Gasteiger partial charge is 0.243 e. The maximum atomic E-state index is 13.2. The monoisotopic (exact) mass is 499 g/mol. The molecule has 0 spiro atoms. The molecule has 0 bridgehead atoms. The van der Waals surface area contributed by atoms with Crippen LogP contribution < -0.4 is 27.0 Å². The highest BCUT2D eigenvalue weighted by Crippen LogP contribution is 2.13. The van der Waals surface area contributed by atoms with Crippen molar-refractivity contribution in [3.63, 3.8) is 0 Å². The molecule has 194 valence electrons. The SMILES string of the molecule is CNCC(=O)NC(CC(N)=O)C(=O)NC(Cc1ccc(O)cc1)C(=O)NC(C)Cc1ccc(O)cc1. The van der Waals surface area contributed by atoms with Crippen LogP contribution in [0.25, 0.3) is 0 Å². The van der Waals surface area contributed by atoms with Crippen LogP contribution in [-0.2, 0) is 32.0 Å². The van der Waals surface area contributed by atoms with Gasteiger partial charge in [0.2, 0.25) is 23.6 Å². The van der Waals surface area contributed by atoms with Crippen LogP contribution in [0.2, 0.25) is 0 Å². The molecule has 8 N–H and O–H groups in total. The third-order valence-electron chi connectivity index (χ3n) is 5.27. The molecule has 2 rings (SSSR count). The first-order chi connectivity index (χ1) is 17.1. The summed E-state index contributed by atoms with van der Waals surface area (Å²) in [7, 11) is 1.56. The van der Waals surface area contributed by atoms with E-state index in [1.807, 2.05) is 0 Å². The van der Waals surface area contributed by atoms with E-state index < -0.39 is 42.1 Å². The molecule has 0 saturated carbocycles. The number of carbonyl (C=O) groups is 4. The molecule has 36 heavy (non-hydrogen) atoms. The normalized spacial score (nSPS) is 13.2. The van der Waals surface area contributed by atoms with E-state index in [9.17, 15) is 29.4 Å². The number of rotatable bonds is 13. The van der Waals surface area contributed by atoms with Crippen LogP contribution in [-0.4, -0.2) is 65.6 Å². The Morgan fingerprint density at radius 2 is 1.28 bits per heavy atom. The van der Waals surface area contributed by atoms with Crippen LogP contribution in [0.3, 0.4) is 0 Å². The zero-order valence-corrected chi connectivity index (χ0v) is 20.3. The maximum absolute atomic E-state index is 13.2. The number of hydrogen-bond acceptors (Lipinski definition) is 7. The van der Waals surface area contributed by atoms with Crippen molar-refractivity contribution in [1.82, 2.24) is 21.3 Å². The third kappa shape index (κ3) is 9.63. The van der Waals surface area contributed by atoms with E-state index in [-0.39, 0.29) is 30.5 Å². The first kappa shape index (κ1) is 28.1. The van der Waals surface area contributed by atoms with Gasteiger partial charge in [-0.3, -0.25) is 19.2 Å². The van der Waals surface area contributed by atoms with Gasteiger partial charge in [-0.1, -0.05) is 24.3 Å². The van der Waals surface area contributed by atoms with Gasteiger partial charge in [-0.15, -0.1) is 0 Å². The molecule has 0 aliphatic carbocycles. The fourth-order valence-corrected chi connectivity index (χ4v) is 3.55. The standard InChI is InChI=1S/C25H33N5O6/c1-15(11-16-3-7-18(31)8-4-16)28-24(35)20(12-17-5-9-19(32)10-6-17)30-25(36)21(13-22(26)33)29-23(34)14-27-2/h3-10,15,20-21,27,31-32H,11-14H2,1-2H3,(H2,26,33)(H,28,35)(H,29,34)(H,30,36). The topological polar surface area (TPSA) is 183 Å². The first-order valence-corrected chi connectivity index (χ1v) is 11.5. The highest BCUT2D eigenvalue weighted by atomic mass is 16.3. The van der Waals surface area contributed by atoms with Crippen molar-refractivity contribution in [2.75, 3.05) is 13.6 Å². The number of phenolic OH excluding ortho intramolecular Hbond substituents is 2. The summed E-state index contributed by atoms with van der Waals surface area (Å²) < 4.78 is 0. The summed E-state index contributed by atoms with van der Waals surface area (Å²) in [5, 5.41) is 29.6. The Bertz CT molecular complexity index is 1040. The summed E-state index contributed by atoms with van der Waals surface area (Å²) in [6.45, 7) is 1.73. The molecule has 2 aromatic carbocycles. The number of aromatic hydroxyl groups is 2. The predicted octanol–water partition coefficient (Wildman–Crippen LogP) is -0.548. The summed E-state index contributed by atoms with van der Waals surface area (Å²) in [6, 6.07) is 10.2. The zero-order valence-electron chi connectivity index (χ0n) is 20.3. The second kappa shape index (κ2) is 13.7. The molecule has 11 nitrogen and oxygen atoms in total. The van der Waals surface area contributed by atoms with Crippen molar-refractivity contribution < 1.29 is 29.4 Å². The van der Waals surface area contributed by atoms with Gasteiger partial charge in [0.25, 0.3) is 0 Å². The first-order valence-electron chi connectivity index (χ1n) is 11.5. The van der Waals surface area contributed by atoms with Gasteiger partial charge >= 0.3 is 0 Å². The highest BCUT2D eigenvalue weighted by Gasteiger charge is 2.28. The van der Waals surface area contributed by atoms with Gasteiger partial charge in [-0.05, 0) is 55.8 Å². The molecule has 3 unspecified atom stereocenters. The van der Waals surface area contributed by atoms with Crippen molar-refractivity contribution >= 4 is 23.6 Å². The number of benzene rings is 2. The lowest BCUT2D eigenvalue weighted by atomic mass is 10.0. The maximum Gasteiger partial charge on any atom is 0.243 e. The fraction of sp³-hybridized carbons (Fsp3) is 0.360. The van der Waals surface area contributed by atoms with Crippen LogP contribution in [0.15, 0.2) is 48.5 Å². The number of likely N-dealkylation sites (N-methyl/N-ethyl adjacent to an activating group) is 1. The van der Waals surface area contributed by atoms with Crippen molar-refractivity contribution in [2.24, 2.45) is 5.73 Å². The number of nitrogens with two attached hydrogens (primary N) is 1. The lowest BCUT2D eigenvalue weighted by Gasteiger charge is -2.24. The summed E-state index contributed by atoms with van der Waals surface area (Å²) in [5.74, 6) is -2.31. The van der Waals surface area contributed by atoms with E-state index >= 15 is 0 Å². The Labute approximate surface area is 209 Å². The van der Waals surface area contributed by atoms with Crippen molar-refractivity contribution in [3.8, 4) is 11.5 Å². The minimum absolute atomic E-state index is 0.0556. The molecule has 0 aromatic heterocycles. The Morgan fingerprint density at radius 3 is 1.78 bits per heavy atom. The summed E-state index contributed by atoms with van der Waals surface area (Å²) >= 11 is 0. The van der Waals surface area contributed by atoms with Crippen LogP contribution in [0.4, 0.5) is 0 Å². The molecule has 2 aromatic rings. The van der Waals surface area contributed by atoms with Crippen LogP contribution >= 0.6 is 0 Å². The lowest BCUT2D eigenvalue weighted by molar-refractivity contribution is -0.133. The lowest BCUT2D eigenvalue weighted by Crippen LogP contribution is -2.56. The van der Waals surface area contributed by atoms with Crippen LogP contribution in [0, 0.1) is 0 Å². The molecular formula is C25H33N5O6. The van der Waals surface area contributed by atoms with Gasteiger partial charge in [-0.2, -0.15) is 0 Å². The van der Waals surface area contributed by atoms with Gasteiger partial charge < -0.3 is 37.2 Å². The molecule has 11 heteroatoms. The number of primary amides is 1. The molecule has 0 fully saturated rings. The van der Waals surface area contributed by atoms with Gasteiger partial charge in [0.1, 0.15) is 23.6 Å². The number of carbonyl (C=O) groups excluding carboxylic acids is 4. The van der Waals surface area contributed by atoms with Gasteiger partial charge in [0.15, 0.2) is 0 Å².